The quantitative estimate of drug-likeness (QED) is 0.444. The minimum atomic E-state index is -0.115. The molecule has 29 heavy (non-hydrogen) atoms. The molecule has 0 aliphatic carbocycles. The number of ether oxygens (including phenoxy) is 1. The first-order chi connectivity index (χ1) is 14.1. The normalized spacial score (nSPS) is 11.0. The van der Waals surface area contributed by atoms with Crippen LogP contribution < -0.4 is 10.1 Å². The summed E-state index contributed by atoms with van der Waals surface area (Å²) in [6.45, 7) is 2.37. The van der Waals surface area contributed by atoms with Gasteiger partial charge in [-0.15, -0.1) is 11.3 Å². The summed E-state index contributed by atoms with van der Waals surface area (Å²) < 4.78 is 5.31. The summed E-state index contributed by atoms with van der Waals surface area (Å²) >= 11 is 7.62. The Hall–Kier alpha value is -2.83. The molecule has 2 N–H and O–H groups in total. The molecule has 0 unspecified atom stereocenters. The third-order valence-electron chi connectivity index (χ3n) is 4.76. The van der Waals surface area contributed by atoms with E-state index in [-0.39, 0.29) is 5.91 Å². The molecule has 0 bridgehead atoms. The molecular formula is C22H20ClN3O2S. The van der Waals surface area contributed by atoms with Crippen molar-refractivity contribution in [3.63, 3.8) is 0 Å². The Morgan fingerprint density at radius 3 is 2.90 bits per heavy atom. The number of nitrogens with zero attached hydrogens (tertiary/aromatic N) is 1. The zero-order valence-electron chi connectivity index (χ0n) is 16.1. The van der Waals surface area contributed by atoms with E-state index in [9.17, 15) is 4.79 Å². The number of fused-ring (bicyclic) bond motifs is 1. The van der Waals surface area contributed by atoms with Crippen LogP contribution in [0, 0.1) is 6.92 Å². The molecule has 2 aromatic carbocycles. The molecule has 5 nitrogen and oxygen atoms in total. The average Bonchev–Trinajstić information content (AvgIpc) is 3.31. The highest BCUT2D eigenvalue weighted by atomic mass is 35.5. The molecule has 0 radical (unpaired) electrons. The van der Waals surface area contributed by atoms with E-state index in [0.717, 1.165) is 32.8 Å². The van der Waals surface area contributed by atoms with Crippen LogP contribution in [-0.4, -0.2) is 29.5 Å². The molecule has 2 aromatic heterocycles. The van der Waals surface area contributed by atoms with E-state index < -0.39 is 0 Å². The highest BCUT2D eigenvalue weighted by Crippen LogP contribution is 2.32. The molecule has 0 fully saturated rings. The Morgan fingerprint density at radius 2 is 2.10 bits per heavy atom. The third kappa shape index (κ3) is 3.99. The van der Waals surface area contributed by atoms with Crippen LogP contribution >= 0.6 is 22.9 Å². The lowest BCUT2D eigenvalue weighted by Gasteiger charge is -2.04. The number of amides is 1. The third-order valence-corrected chi connectivity index (χ3v) is 6.28. The first-order valence-corrected chi connectivity index (χ1v) is 10.4. The average molecular weight is 426 g/mol. The number of hydrogen-bond acceptors (Lipinski definition) is 4. The molecule has 0 atom stereocenters. The molecule has 2 heterocycles. The highest BCUT2D eigenvalue weighted by molar-refractivity contribution is 7.17. The van der Waals surface area contributed by atoms with Crippen molar-refractivity contribution in [3.8, 4) is 16.3 Å². The summed E-state index contributed by atoms with van der Waals surface area (Å²) in [6.07, 6.45) is 2.69. The van der Waals surface area contributed by atoms with E-state index in [2.05, 4.69) is 15.3 Å². The van der Waals surface area contributed by atoms with Crippen LogP contribution in [0.4, 0.5) is 0 Å². The largest absolute Gasteiger partial charge is 0.497 e. The maximum absolute atomic E-state index is 12.7. The van der Waals surface area contributed by atoms with Crippen LogP contribution in [0.3, 0.4) is 0 Å². The van der Waals surface area contributed by atoms with Gasteiger partial charge >= 0.3 is 0 Å². The van der Waals surface area contributed by atoms with Crippen molar-refractivity contribution < 1.29 is 9.53 Å². The van der Waals surface area contributed by atoms with Gasteiger partial charge in [0.2, 0.25) is 0 Å². The van der Waals surface area contributed by atoms with E-state index in [0.29, 0.717) is 28.6 Å². The zero-order chi connectivity index (χ0) is 20.4. The SMILES string of the molecule is COc1ccc2[nH]cc(CCNC(=O)c3sc(-c4ccccc4Cl)nc3C)c2c1. The Bertz CT molecular complexity index is 1180. The van der Waals surface area contributed by atoms with Gasteiger partial charge in [-0.25, -0.2) is 4.98 Å². The number of rotatable bonds is 6. The fourth-order valence-electron chi connectivity index (χ4n) is 3.24. The lowest BCUT2D eigenvalue weighted by molar-refractivity contribution is 0.0957. The van der Waals surface area contributed by atoms with Gasteiger partial charge in [0, 0.05) is 29.2 Å². The van der Waals surface area contributed by atoms with E-state index in [1.165, 1.54) is 11.3 Å². The second kappa shape index (κ2) is 8.27. The Kier molecular flexibility index (Phi) is 5.56. The lowest BCUT2D eigenvalue weighted by Crippen LogP contribution is -2.25. The van der Waals surface area contributed by atoms with Gasteiger partial charge in [-0.05, 0) is 43.2 Å². The molecular weight excluding hydrogens is 406 g/mol. The molecule has 0 spiro atoms. The number of carbonyl (C=O) groups excluding carboxylic acids is 1. The van der Waals surface area contributed by atoms with Crippen molar-refractivity contribution in [1.29, 1.82) is 0 Å². The summed E-state index contributed by atoms with van der Waals surface area (Å²) in [5.41, 5.74) is 3.74. The van der Waals surface area contributed by atoms with E-state index in [1.54, 1.807) is 7.11 Å². The van der Waals surface area contributed by atoms with E-state index in [4.69, 9.17) is 16.3 Å². The van der Waals surface area contributed by atoms with Crippen molar-refractivity contribution in [2.45, 2.75) is 13.3 Å². The molecule has 7 heteroatoms. The van der Waals surface area contributed by atoms with Gasteiger partial charge in [0.1, 0.15) is 15.6 Å². The number of halogens is 1. The number of aromatic nitrogens is 2. The van der Waals surface area contributed by atoms with Gasteiger partial charge in [-0.1, -0.05) is 29.8 Å². The minimum absolute atomic E-state index is 0.115. The summed E-state index contributed by atoms with van der Waals surface area (Å²) in [4.78, 5) is 21.1. The number of aryl methyl sites for hydroxylation is 1. The second-order valence-electron chi connectivity index (χ2n) is 6.64. The van der Waals surface area contributed by atoms with Crippen LogP contribution in [0.2, 0.25) is 5.02 Å². The van der Waals surface area contributed by atoms with Gasteiger partial charge < -0.3 is 15.0 Å². The Balaban J connectivity index is 1.45. The topological polar surface area (TPSA) is 67.0 Å². The Morgan fingerprint density at radius 1 is 1.28 bits per heavy atom. The van der Waals surface area contributed by atoms with Crippen molar-refractivity contribution in [1.82, 2.24) is 15.3 Å². The fourth-order valence-corrected chi connectivity index (χ4v) is 4.54. The standard InChI is InChI=1S/C22H20ClN3O2S/c1-13-20(29-22(26-13)16-5-3-4-6-18(16)23)21(27)24-10-9-14-12-25-19-8-7-15(28-2)11-17(14)19/h3-8,11-12,25H,9-10H2,1-2H3,(H,24,27). The molecule has 0 aliphatic heterocycles. The van der Waals surface area contributed by atoms with Gasteiger partial charge in [0.25, 0.3) is 5.91 Å². The number of hydrogen-bond donors (Lipinski definition) is 2. The van der Waals surface area contributed by atoms with Crippen LogP contribution in [0.15, 0.2) is 48.7 Å². The molecule has 0 saturated carbocycles. The number of thiazole rings is 1. The van der Waals surface area contributed by atoms with Gasteiger partial charge in [-0.3, -0.25) is 4.79 Å². The smallest absolute Gasteiger partial charge is 0.263 e. The Labute approximate surface area is 177 Å². The zero-order valence-corrected chi connectivity index (χ0v) is 17.7. The molecule has 148 valence electrons. The second-order valence-corrected chi connectivity index (χ2v) is 8.05. The number of nitrogens with one attached hydrogen (secondary N) is 2. The molecule has 4 rings (SSSR count). The van der Waals surface area contributed by atoms with Gasteiger partial charge in [-0.2, -0.15) is 0 Å². The summed E-state index contributed by atoms with van der Waals surface area (Å²) in [5.74, 6) is 0.700. The minimum Gasteiger partial charge on any atom is -0.497 e. The van der Waals surface area contributed by atoms with Crippen molar-refractivity contribution >= 4 is 39.7 Å². The summed E-state index contributed by atoms with van der Waals surface area (Å²) in [6, 6.07) is 13.4. The molecule has 1 amide bonds. The lowest BCUT2D eigenvalue weighted by atomic mass is 10.1. The van der Waals surface area contributed by atoms with Crippen molar-refractivity contribution in [2.75, 3.05) is 13.7 Å². The van der Waals surface area contributed by atoms with Gasteiger partial charge in [0.05, 0.1) is 17.8 Å². The van der Waals surface area contributed by atoms with Crippen LogP contribution in [0.5, 0.6) is 5.75 Å². The number of H-pyrrole nitrogens is 1. The first-order valence-electron chi connectivity index (χ1n) is 9.21. The molecule has 0 saturated heterocycles. The van der Waals surface area contributed by atoms with Crippen molar-refractivity contribution in [2.24, 2.45) is 0 Å². The van der Waals surface area contributed by atoms with Crippen molar-refractivity contribution in [3.05, 3.63) is 69.8 Å². The predicted octanol–water partition coefficient (Wildman–Crippen LogP) is 5.23. The summed E-state index contributed by atoms with van der Waals surface area (Å²) in [7, 11) is 1.65. The number of carbonyl (C=O) groups is 1. The predicted molar refractivity (Wildman–Crippen MR) is 118 cm³/mol. The van der Waals surface area contributed by atoms with E-state index in [1.807, 2.05) is 55.6 Å². The van der Waals surface area contributed by atoms with Crippen LogP contribution in [0.25, 0.3) is 21.5 Å². The van der Waals surface area contributed by atoms with Crippen LogP contribution in [-0.2, 0) is 6.42 Å². The number of methoxy groups -OCH3 is 1. The van der Waals surface area contributed by atoms with E-state index >= 15 is 0 Å². The highest BCUT2D eigenvalue weighted by Gasteiger charge is 2.17. The molecule has 4 aromatic rings. The number of aromatic amines is 1. The van der Waals surface area contributed by atoms with Crippen LogP contribution in [0.1, 0.15) is 20.9 Å². The maximum atomic E-state index is 12.7. The molecule has 0 aliphatic rings. The number of benzene rings is 2. The first kappa shape index (κ1) is 19.5. The maximum Gasteiger partial charge on any atom is 0.263 e. The monoisotopic (exact) mass is 425 g/mol. The fraction of sp³-hybridized carbons (Fsp3) is 0.182. The van der Waals surface area contributed by atoms with Gasteiger partial charge in [0.15, 0.2) is 0 Å². The summed E-state index contributed by atoms with van der Waals surface area (Å²) in [5, 5.41) is 5.49.